The lowest BCUT2D eigenvalue weighted by Gasteiger charge is -2.19. The van der Waals surface area contributed by atoms with Gasteiger partial charge in [0.15, 0.2) is 5.76 Å². The van der Waals surface area contributed by atoms with E-state index < -0.39 is 10.0 Å². The maximum Gasteiger partial charge on any atom is 0.243 e. The van der Waals surface area contributed by atoms with Gasteiger partial charge in [0.1, 0.15) is 0 Å². The Morgan fingerprint density at radius 2 is 1.86 bits per heavy atom. The zero-order valence-corrected chi connectivity index (χ0v) is 16.7. The number of carbonyl (C=O) groups excluding carboxylic acids is 1. The molecule has 0 saturated carbocycles. The number of hydrogen-bond acceptors (Lipinski definition) is 5. The molecular weight excluding hydrogens is 390 g/mol. The molecule has 0 unspecified atom stereocenters. The van der Waals surface area contributed by atoms with Gasteiger partial charge in [-0.15, -0.1) is 6.58 Å². The third-order valence-corrected chi connectivity index (χ3v) is 5.93. The van der Waals surface area contributed by atoms with Crippen molar-refractivity contribution in [3.05, 3.63) is 79.0 Å². The van der Waals surface area contributed by atoms with Gasteiger partial charge in [-0.1, -0.05) is 41.6 Å². The molecule has 0 radical (unpaired) electrons. The summed E-state index contributed by atoms with van der Waals surface area (Å²) in [6.45, 7) is 5.19. The average Bonchev–Trinajstić information content (AvgIpc) is 3.17. The van der Waals surface area contributed by atoms with Crippen LogP contribution in [-0.2, 0) is 21.4 Å². The Morgan fingerprint density at radius 3 is 2.48 bits per heavy atom. The number of hydrogen-bond donors (Lipinski definition) is 1. The van der Waals surface area contributed by atoms with E-state index in [9.17, 15) is 13.2 Å². The van der Waals surface area contributed by atoms with Gasteiger partial charge in [-0.2, -0.15) is 4.31 Å². The Bertz CT molecular complexity index is 1090. The molecule has 3 rings (SSSR count). The highest BCUT2D eigenvalue weighted by Crippen LogP contribution is 2.23. The molecule has 0 bridgehead atoms. The fourth-order valence-corrected chi connectivity index (χ4v) is 4.14. The van der Waals surface area contributed by atoms with Gasteiger partial charge in [-0.05, 0) is 24.3 Å². The largest absolute Gasteiger partial charge is 0.356 e. The molecule has 29 heavy (non-hydrogen) atoms. The number of nitrogens with one attached hydrogen (secondary N) is 1. The zero-order chi connectivity index (χ0) is 20.9. The summed E-state index contributed by atoms with van der Waals surface area (Å²) in [6, 6.07) is 17.2. The van der Waals surface area contributed by atoms with Crippen LogP contribution in [0, 0.1) is 0 Å². The highest BCUT2D eigenvalue weighted by molar-refractivity contribution is 7.89. The number of nitrogens with zero attached hydrogens (tertiary/aromatic N) is 2. The van der Waals surface area contributed by atoms with E-state index in [1.165, 1.54) is 29.4 Å². The number of benzene rings is 2. The van der Waals surface area contributed by atoms with Crippen molar-refractivity contribution in [3.63, 3.8) is 0 Å². The van der Waals surface area contributed by atoms with Crippen molar-refractivity contribution in [2.75, 3.05) is 11.9 Å². The van der Waals surface area contributed by atoms with Gasteiger partial charge in [0.2, 0.25) is 15.9 Å². The molecule has 0 fully saturated rings. The molecule has 2 aromatic carbocycles. The van der Waals surface area contributed by atoms with Crippen molar-refractivity contribution >= 4 is 21.6 Å². The van der Waals surface area contributed by atoms with Crippen LogP contribution in [0.4, 0.5) is 5.69 Å². The summed E-state index contributed by atoms with van der Waals surface area (Å²) in [6.07, 6.45) is 1.52. The second kappa shape index (κ2) is 8.85. The van der Waals surface area contributed by atoms with Crippen LogP contribution in [0.25, 0.3) is 11.3 Å². The molecule has 0 aliphatic rings. The summed E-state index contributed by atoms with van der Waals surface area (Å²) in [5.41, 5.74) is 1.87. The van der Waals surface area contributed by atoms with Gasteiger partial charge in [0.05, 0.1) is 17.1 Å². The summed E-state index contributed by atoms with van der Waals surface area (Å²) in [7, 11) is -3.79. The highest BCUT2D eigenvalue weighted by atomic mass is 32.2. The van der Waals surface area contributed by atoms with Gasteiger partial charge >= 0.3 is 0 Å². The van der Waals surface area contributed by atoms with E-state index in [0.717, 1.165) is 5.56 Å². The third kappa shape index (κ3) is 4.98. The Morgan fingerprint density at radius 1 is 1.17 bits per heavy atom. The van der Waals surface area contributed by atoms with E-state index in [2.05, 4.69) is 17.1 Å². The number of sulfonamides is 1. The van der Waals surface area contributed by atoms with E-state index >= 15 is 0 Å². The topological polar surface area (TPSA) is 92.5 Å². The van der Waals surface area contributed by atoms with Crippen LogP contribution in [0.1, 0.15) is 12.6 Å². The normalized spacial score (nSPS) is 11.4. The molecule has 0 atom stereocenters. The zero-order valence-electron chi connectivity index (χ0n) is 15.9. The molecule has 0 saturated heterocycles. The summed E-state index contributed by atoms with van der Waals surface area (Å²) in [4.78, 5) is 11.2. The fourth-order valence-electron chi connectivity index (χ4n) is 2.76. The Balaban J connectivity index is 1.82. The fraction of sp³-hybridized carbons (Fsp3) is 0.143. The Hall–Kier alpha value is -3.23. The van der Waals surface area contributed by atoms with Crippen LogP contribution in [-0.4, -0.2) is 30.3 Å². The molecule has 1 heterocycles. The van der Waals surface area contributed by atoms with E-state index in [1.807, 2.05) is 30.3 Å². The van der Waals surface area contributed by atoms with Gasteiger partial charge in [0, 0.05) is 30.8 Å². The monoisotopic (exact) mass is 411 g/mol. The van der Waals surface area contributed by atoms with Gasteiger partial charge < -0.3 is 9.84 Å². The van der Waals surface area contributed by atoms with Crippen molar-refractivity contribution in [1.82, 2.24) is 9.46 Å². The quantitative estimate of drug-likeness (QED) is 0.571. The first-order valence-corrected chi connectivity index (χ1v) is 10.3. The predicted molar refractivity (Wildman–Crippen MR) is 110 cm³/mol. The number of anilines is 1. The number of carbonyl (C=O) groups is 1. The Labute approximate surface area is 169 Å². The lowest BCUT2D eigenvalue weighted by Crippen LogP contribution is -2.31. The molecule has 0 spiro atoms. The molecule has 7 nitrogen and oxygen atoms in total. The molecule has 3 aromatic rings. The summed E-state index contributed by atoms with van der Waals surface area (Å²) < 4.78 is 32.8. The smallest absolute Gasteiger partial charge is 0.243 e. The maximum atomic E-state index is 13.1. The first kappa shape index (κ1) is 20.5. The first-order valence-electron chi connectivity index (χ1n) is 8.90. The van der Waals surface area contributed by atoms with Gasteiger partial charge in [-0.3, -0.25) is 4.79 Å². The lowest BCUT2D eigenvalue weighted by molar-refractivity contribution is -0.114. The van der Waals surface area contributed by atoms with Gasteiger partial charge in [-0.25, -0.2) is 8.42 Å². The Kier molecular flexibility index (Phi) is 6.26. The molecule has 0 aliphatic carbocycles. The average molecular weight is 411 g/mol. The van der Waals surface area contributed by atoms with Crippen LogP contribution in [0.15, 0.2) is 82.7 Å². The summed E-state index contributed by atoms with van der Waals surface area (Å²) in [5.74, 6) is 0.338. The first-order chi connectivity index (χ1) is 13.9. The minimum atomic E-state index is -3.79. The number of amides is 1. The SMILES string of the molecule is C=CCN(Cc1cc(-c2ccccc2)on1)S(=O)(=O)c1ccc(NC(C)=O)cc1. The summed E-state index contributed by atoms with van der Waals surface area (Å²) in [5, 5.41) is 6.62. The highest BCUT2D eigenvalue weighted by Gasteiger charge is 2.25. The van der Waals surface area contributed by atoms with Crippen molar-refractivity contribution in [2.45, 2.75) is 18.4 Å². The van der Waals surface area contributed by atoms with Crippen LogP contribution in [0.5, 0.6) is 0 Å². The van der Waals surface area contributed by atoms with Gasteiger partial charge in [0.25, 0.3) is 0 Å². The minimum absolute atomic E-state index is 0.0398. The minimum Gasteiger partial charge on any atom is -0.356 e. The molecule has 0 aliphatic heterocycles. The molecule has 8 heteroatoms. The standard InChI is InChI=1S/C21H21N3O4S/c1-3-13-24(15-19-14-21(28-23-19)17-7-5-4-6-8-17)29(26,27)20-11-9-18(10-12-20)22-16(2)25/h3-12,14H,1,13,15H2,2H3,(H,22,25). The number of rotatable bonds is 8. The predicted octanol–water partition coefficient (Wildman–Crippen LogP) is 3.68. The van der Waals surface area contributed by atoms with Crippen molar-refractivity contribution in [2.24, 2.45) is 0 Å². The van der Waals surface area contributed by atoms with Crippen LogP contribution in [0.3, 0.4) is 0 Å². The molecular formula is C21H21N3O4S. The maximum absolute atomic E-state index is 13.1. The van der Waals surface area contributed by atoms with E-state index in [0.29, 0.717) is 17.1 Å². The van der Waals surface area contributed by atoms with Crippen molar-refractivity contribution in [1.29, 1.82) is 0 Å². The van der Waals surface area contributed by atoms with Crippen LogP contribution >= 0.6 is 0 Å². The number of aromatic nitrogens is 1. The van der Waals surface area contributed by atoms with E-state index in [4.69, 9.17) is 4.52 Å². The summed E-state index contributed by atoms with van der Waals surface area (Å²) >= 11 is 0. The van der Waals surface area contributed by atoms with Crippen LogP contribution in [0.2, 0.25) is 0 Å². The lowest BCUT2D eigenvalue weighted by atomic mass is 10.2. The molecule has 1 N–H and O–H groups in total. The molecule has 1 aromatic heterocycles. The third-order valence-electron chi connectivity index (χ3n) is 4.10. The van der Waals surface area contributed by atoms with Crippen molar-refractivity contribution < 1.29 is 17.7 Å². The van der Waals surface area contributed by atoms with E-state index in [-0.39, 0.29) is 23.9 Å². The van der Waals surface area contributed by atoms with Crippen LogP contribution < -0.4 is 5.32 Å². The molecule has 1 amide bonds. The second-order valence-corrected chi connectivity index (χ2v) is 8.28. The molecule has 150 valence electrons. The van der Waals surface area contributed by atoms with E-state index in [1.54, 1.807) is 18.2 Å². The van der Waals surface area contributed by atoms with Crippen molar-refractivity contribution in [3.8, 4) is 11.3 Å². The second-order valence-electron chi connectivity index (χ2n) is 6.34.